The van der Waals surface area contributed by atoms with Crippen molar-refractivity contribution in [1.29, 1.82) is 0 Å². The first-order chi connectivity index (χ1) is 11.7. The van der Waals surface area contributed by atoms with Gasteiger partial charge >= 0.3 is 6.36 Å². The van der Waals surface area contributed by atoms with Crippen molar-refractivity contribution >= 4 is 10.8 Å². The molecule has 1 aliphatic carbocycles. The zero-order valence-electron chi connectivity index (χ0n) is 13.6. The van der Waals surface area contributed by atoms with E-state index in [0.717, 1.165) is 22.3 Å². The number of rotatable bonds is 1. The summed E-state index contributed by atoms with van der Waals surface area (Å²) in [6.07, 6.45) is -4.77. The van der Waals surface area contributed by atoms with Gasteiger partial charge in [-0.15, -0.1) is 13.2 Å². The fourth-order valence-corrected chi connectivity index (χ4v) is 3.76. The second-order valence-corrected chi connectivity index (χ2v) is 6.74. The van der Waals surface area contributed by atoms with E-state index in [1.807, 2.05) is 24.3 Å². The van der Waals surface area contributed by atoms with Gasteiger partial charge < -0.3 is 9.84 Å². The maximum atomic E-state index is 12.5. The van der Waals surface area contributed by atoms with Gasteiger partial charge in [-0.3, -0.25) is 0 Å². The van der Waals surface area contributed by atoms with Crippen LogP contribution in [0.5, 0.6) is 11.5 Å². The van der Waals surface area contributed by atoms with Gasteiger partial charge in [-0.2, -0.15) is 0 Å². The zero-order valence-corrected chi connectivity index (χ0v) is 13.6. The molecule has 0 heterocycles. The minimum atomic E-state index is -4.77. The third-order valence-corrected chi connectivity index (χ3v) is 4.86. The Labute approximate surface area is 142 Å². The van der Waals surface area contributed by atoms with Crippen LogP contribution in [0.15, 0.2) is 48.5 Å². The molecule has 0 fully saturated rings. The van der Waals surface area contributed by atoms with E-state index >= 15 is 0 Å². The highest BCUT2D eigenvalue weighted by atomic mass is 19.4. The molecule has 0 aliphatic heterocycles. The van der Waals surface area contributed by atoms with Crippen molar-refractivity contribution in [3.05, 3.63) is 59.7 Å². The van der Waals surface area contributed by atoms with Gasteiger partial charge in [-0.1, -0.05) is 38.1 Å². The lowest BCUT2D eigenvalue weighted by atomic mass is 9.82. The molecule has 128 valence electrons. The average molecular weight is 344 g/mol. The monoisotopic (exact) mass is 344 g/mol. The molecule has 0 spiro atoms. The number of hydrogen-bond donors (Lipinski definition) is 1. The van der Waals surface area contributed by atoms with Crippen LogP contribution < -0.4 is 4.74 Å². The van der Waals surface area contributed by atoms with E-state index in [9.17, 15) is 18.3 Å². The second kappa shape index (κ2) is 4.91. The minimum Gasteiger partial charge on any atom is -0.507 e. The molecule has 0 atom stereocenters. The lowest BCUT2D eigenvalue weighted by molar-refractivity contribution is -0.274. The Balaban J connectivity index is 2.01. The molecule has 0 bridgehead atoms. The summed E-state index contributed by atoms with van der Waals surface area (Å²) in [6.45, 7) is 4.15. The molecule has 2 nitrogen and oxygen atoms in total. The lowest BCUT2D eigenvalue weighted by Crippen LogP contribution is -2.17. The molecule has 4 rings (SSSR count). The normalized spacial score (nSPS) is 15.1. The van der Waals surface area contributed by atoms with E-state index in [-0.39, 0.29) is 16.9 Å². The SMILES string of the molecule is CC1(C)c2ccccc2-c2c1cc(O)c1cc(OC(F)(F)F)ccc21. The molecule has 1 N–H and O–H groups in total. The van der Waals surface area contributed by atoms with Crippen molar-refractivity contribution in [1.82, 2.24) is 0 Å². The largest absolute Gasteiger partial charge is 0.573 e. The van der Waals surface area contributed by atoms with Gasteiger partial charge in [0.2, 0.25) is 0 Å². The number of phenols is 1. The first kappa shape index (κ1) is 15.8. The number of benzene rings is 3. The quantitative estimate of drug-likeness (QED) is 0.609. The topological polar surface area (TPSA) is 29.5 Å². The highest BCUT2D eigenvalue weighted by Gasteiger charge is 2.37. The smallest absolute Gasteiger partial charge is 0.507 e. The molecule has 25 heavy (non-hydrogen) atoms. The molecule has 3 aromatic carbocycles. The molecule has 0 saturated carbocycles. The van der Waals surface area contributed by atoms with E-state index in [2.05, 4.69) is 18.6 Å². The first-order valence-corrected chi connectivity index (χ1v) is 7.84. The molecule has 0 radical (unpaired) electrons. The Morgan fingerprint density at radius 2 is 1.64 bits per heavy atom. The standard InChI is InChI=1S/C20H15F3O2/c1-19(2)15-6-4-3-5-13(15)18-12-8-7-11(25-20(21,22)23)9-14(12)17(24)10-16(18)19/h3-10,24H,1-2H3. The molecule has 0 saturated heterocycles. The van der Waals surface area contributed by atoms with Crippen molar-refractivity contribution in [3.63, 3.8) is 0 Å². The Bertz CT molecular complexity index is 1000. The molecule has 5 heteroatoms. The minimum absolute atomic E-state index is 0.0535. The van der Waals surface area contributed by atoms with E-state index in [1.54, 1.807) is 12.1 Å². The average Bonchev–Trinajstić information content (AvgIpc) is 2.75. The molecule has 0 aromatic heterocycles. The number of aromatic hydroxyl groups is 1. The van der Waals surface area contributed by atoms with Crippen molar-refractivity contribution < 1.29 is 23.0 Å². The number of phenolic OH excluding ortho intramolecular Hbond substituents is 1. The summed E-state index contributed by atoms with van der Waals surface area (Å²) in [5.74, 6) is -0.400. The third-order valence-electron chi connectivity index (χ3n) is 4.86. The Morgan fingerprint density at radius 3 is 2.36 bits per heavy atom. The molecule has 0 unspecified atom stereocenters. The Kier molecular flexibility index (Phi) is 3.11. The summed E-state index contributed by atoms with van der Waals surface area (Å²) < 4.78 is 41.4. The van der Waals surface area contributed by atoms with Gasteiger partial charge in [0.05, 0.1) is 0 Å². The fourth-order valence-electron chi connectivity index (χ4n) is 3.76. The highest BCUT2D eigenvalue weighted by Crippen LogP contribution is 2.53. The summed E-state index contributed by atoms with van der Waals surface area (Å²) >= 11 is 0. The summed E-state index contributed by atoms with van der Waals surface area (Å²) in [7, 11) is 0. The van der Waals surface area contributed by atoms with E-state index in [0.29, 0.717) is 10.8 Å². The van der Waals surface area contributed by atoms with Gasteiger partial charge in [0.25, 0.3) is 0 Å². The molecule has 1 aliphatic rings. The first-order valence-electron chi connectivity index (χ1n) is 7.84. The van der Waals surface area contributed by atoms with Crippen LogP contribution in [0.4, 0.5) is 13.2 Å². The van der Waals surface area contributed by atoms with Crippen molar-refractivity contribution in [2.75, 3.05) is 0 Å². The molecule has 3 aromatic rings. The maximum Gasteiger partial charge on any atom is 0.573 e. The lowest BCUT2D eigenvalue weighted by Gasteiger charge is -2.22. The van der Waals surface area contributed by atoms with Crippen molar-refractivity contribution in [2.45, 2.75) is 25.6 Å². The fraction of sp³-hybridized carbons (Fsp3) is 0.200. The number of halogens is 3. The van der Waals surface area contributed by atoms with Crippen molar-refractivity contribution in [2.24, 2.45) is 0 Å². The predicted octanol–water partition coefficient (Wildman–Crippen LogP) is 5.75. The summed E-state index contributed by atoms with van der Waals surface area (Å²) in [6, 6.07) is 13.7. The van der Waals surface area contributed by atoms with Crippen LogP contribution in [0, 0.1) is 0 Å². The van der Waals surface area contributed by atoms with Gasteiger partial charge in [-0.05, 0) is 51.9 Å². The van der Waals surface area contributed by atoms with Crippen LogP contribution in [0.2, 0.25) is 0 Å². The van der Waals surface area contributed by atoms with Crippen LogP contribution >= 0.6 is 0 Å². The molecule has 0 amide bonds. The van der Waals surface area contributed by atoms with Crippen LogP contribution in [0.3, 0.4) is 0 Å². The van der Waals surface area contributed by atoms with Gasteiger partial charge in [0.1, 0.15) is 11.5 Å². The second-order valence-electron chi connectivity index (χ2n) is 6.74. The number of hydrogen-bond acceptors (Lipinski definition) is 2. The Morgan fingerprint density at radius 1 is 0.920 bits per heavy atom. The summed E-state index contributed by atoms with van der Waals surface area (Å²) in [4.78, 5) is 0. The van der Waals surface area contributed by atoms with Crippen LogP contribution in [0.25, 0.3) is 21.9 Å². The number of alkyl halides is 3. The molecular weight excluding hydrogens is 329 g/mol. The zero-order chi connectivity index (χ0) is 18.0. The maximum absolute atomic E-state index is 12.5. The van der Waals surface area contributed by atoms with Gasteiger partial charge in [0.15, 0.2) is 0 Å². The van der Waals surface area contributed by atoms with Crippen molar-refractivity contribution in [3.8, 4) is 22.6 Å². The van der Waals surface area contributed by atoms with Gasteiger partial charge in [-0.25, -0.2) is 0 Å². The summed E-state index contributed by atoms with van der Waals surface area (Å²) in [5, 5.41) is 11.5. The summed E-state index contributed by atoms with van der Waals surface area (Å²) in [5.41, 5.74) is 3.79. The van der Waals surface area contributed by atoms with E-state index in [1.165, 1.54) is 12.1 Å². The number of ether oxygens (including phenoxy) is 1. The predicted molar refractivity (Wildman–Crippen MR) is 89.9 cm³/mol. The van der Waals surface area contributed by atoms with Crippen LogP contribution in [-0.2, 0) is 5.41 Å². The Hall–Kier alpha value is -2.69. The third kappa shape index (κ3) is 2.34. The van der Waals surface area contributed by atoms with E-state index in [4.69, 9.17) is 0 Å². The molecular formula is C20H15F3O2. The van der Waals surface area contributed by atoms with Crippen LogP contribution in [-0.4, -0.2) is 11.5 Å². The number of fused-ring (bicyclic) bond motifs is 5. The van der Waals surface area contributed by atoms with Crippen LogP contribution in [0.1, 0.15) is 25.0 Å². The highest BCUT2D eigenvalue weighted by molar-refractivity contribution is 6.05. The van der Waals surface area contributed by atoms with Gasteiger partial charge in [0, 0.05) is 10.8 Å². The van der Waals surface area contributed by atoms with E-state index < -0.39 is 6.36 Å².